The number of carbonyl (C=O) groups is 1. The monoisotopic (exact) mass is 276 g/mol. The minimum atomic E-state index is 0.175. The third-order valence-electron chi connectivity index (χ3n) is 3.44. The molecule has 0 saturated heterocycles. The lowest BCUT2D eigenvalue weighted by molar-refractivity contribution is -0.121. The van der Waals surface area contributed by atoms with E-state index >= 15 is 0 Å². The number of unbranched alkanes of at least 4 members (excludes halogenated alkanes) is 6. The molecular formula is C17H28N2O. The highest BCUT2D eigenvalue weighted by molar-refractivity contribution is 5.75. The van der Waals surface area contributed by atoms with Gasteiger partial charge in [0.25, 0.3) is 0 Å². The highest BCUT2D eigenvalue weighted by atomic mass is 16.1. The van der Waals surface area contributed by atoms with Crippen LogP contribution in [-0.4, -0.2) is 17.4 Å². The lowest BCUT2D eigenvalue weighted by atomic mass is 10.1. The molecule has 0 aliphatic rings. The zero-order valence-corrected chi connectivity index (χ0v) is 12.7. The molecule has 0 atom stereocenters. The Bertz CT molecular complexity index is 351. The first-order valence-corrected chi connectivity index (χ1v) is 7.99. The van der Waals surface area contributed by atoms with E-state index in [2.05, 4.69) is 17.2 Å². The lowest BCUT2D eigenvalue weighted by Crippen LogP contribution is -2.25. The zero-order chi connectivity index (χ0) is 14.5. The smallest absolute Gasteiger partial charge is 0.220 e. The summed E-state index contributed by atoms with van der Waals surface area (Å²) in [7, 11) is 0. The maximum atomic E-state index is 11.6. The van der Waals surface area contributed by atoms with E-state index in [-0.39, 0.29) is 5.91 Å². The first kappa shape index (κ1) is 16.7. The minimum absolute atomic E-state index is 0.175. The standard InChI is InChI=1S/C17H28N2O/c1-2-3-4-5-6-7-8-12-17(20)19-15-13-16-11-9-10-14-18-16/h9-11,14H,2-8,12-13,15H2,1H3,(H,19,20). The molecule has 0 aromatic carbocycles. The van der Waals surface area contributed by atoms with Gasteiger partial charge < -0.3 is 5.32 Å². The maximum absolute atomic E-state index is 11.6. The number of rotatable bonds is 11. The van der Waals surface area contributed by atoms with Crippen molar-refractivity contribution in [2.45, 2.75) is 64.7 Å². The second kappa shape index (κ2) is 11.4. The fraction of sp³-hybridized carbons (Fsp3) is 0.647. The fourth-order valence-corrected chi connectivity index (χ4v) is 2.21. The Morgan fingerprint density at radius 3 is 2.55 bits per heavy atom. The Labute approximate surface area is 123 Å². The summed E-state index contributed by atoms with van der Waals surface area (Å²) in [6.07, 6.45) is 12.0. The molecule has 0 fully saturated rings. The van der Waals surface area contributed by atoms with Crippen LogP contribution in [0.25, 0.3) is 0 Å². The topological polar surface area (TPSA) is 42.0 Å². The van der Waals surface area contributed by atoms with E-state index in [1.165, 1.54) is 38.5 Å². The number of amides is 1. The van der Waals surface area contributed by atoms with Gasteiger partial charge in [-0.1, -0.05) is 51.5 Å². The maximum Gasteiger partial charge on any atom is 0.220 e. The van der Waals surface area contributed by atoms with Crippen LogP contribution in [0.15, 0.2) is 24.4 Å². The Kier molecular flexibility index (Phi) is 9.54. The quantitative estimate of drug-likeness (QED) is 0.623. The summed E-state index contributed by atoms with van der Waals surface area (Å²) in [6.45, 7) is 2.92. The molecule has 1 amide bonds. The van der Waals surface area contributed by atoms with E-state index in [0.29, 0.717) is 13.0 Å². The van der Waals surface area contributed by atoms with E-state index in [1.807, 2.05) is 18.2 Å². The van der Waals surface area contributed by atoms with Crippen LogP contribution in [0.5, 0.6) is 0 Å². The lowest BCUT2D eigenvalue weighted by Gasteiger charge is -2.05. The molecule has 0 spiro atoms. The number of nitrogens with zero attached hydrogens (tertiary/aromatic N) is 1. The van der Waals surface area contributed by atoms with Gasteiger partial charge in [0.2, 0.25) is 5.91 Å². The molecule has 0 bridgehead atoms. The van der Waals surface area contributed by atoms with Gasteiger partial charge in [-0.2, -0.15) is 0 Å². The normalized spacial score (nSPS) is 10.4. The molecule has 112 valence electrons. The van der Waals surface area contributed by atoms with Crippen LogP contribution in [0, 0.1) is 0 Å². The van der Waals surface area contributed by atoms with Crippen molar-refractivity contribution in [1.82, 2.24) is 10.3 Å². The van der Waals surface area contributed by atoms with E-state index in [4.69, 9.17) is 0 Å². The molecule has 0 unspecified atom stereocenters. The van der Waals surface area contributed by atoms with Crippen molar-refractivity contribution >= 4 is 5.91 Å². The van der Waals surface area contributed by atoms with Gasteiger partial charge in [-0.15, -0.1) is 0 Å². The van der Waals surface area contributed by atoms with Crippen LogP contribution in [0.3, 0.4) is 0 Å². The van der Waals surface area contributed by atoms with Crippen LogP contribution in [-0.2, 0) is 11.2 Å². The number of pyridine rings is 1. The van der Waals surface area contributed by atoms with Crippen molar-refractivity contribution in [2.24, 2.45) is 0 Å². The number of hydrogen-bond donors (Lipinski definition) is 1. The predicted molar refractivity (Wildman–Crippen MR) is 83.6 cm³/mol. The number of hydrogen-bond acceptors (Lipinski definition) is 2. The molecule has 0 aliphatic heterocycles. The molecule has 0 aliphatic carbocycles. The summed E-state index contributed by atoms with van der Waals surface area (Å²) in [5.41, 5.74) is 1.03. The van der Waals surface area contributed by atoms with Crippen LogP contribution < -0.4 is 5.32 Å². The minimum Gasteiger partial charge on any atom is -0.356 e. The van der Waals surface area contributed by atoms with Crippen molar-refractivity contribution in [2.75, 3.05) is 6.54 Å². The molecule has 3 heteroatoms. The summed E-state index contributed by atoms with van der Waals surface area (Å²) < 4.78 is 0. The molecule has 0 radical (unpaired) electrons. The molecule has 1 N–H and O–H groups in total. The van der Waals surface area contributed by atoms with Crippen molar-refractivity contribution in [3.8, 4) is 0 Å². The van der Waals surface area contributed by atoms with Gasteiger partial charge in [0, 0.05) is 31.3 Å². The molecule has 1 aromatic rings. The largest absolute Gasteiger partial charge is 0.356 e. The fourth-order valence-electron chi connectivity index (χ4n) is 2.21. The Morgan fingerprint density at radius 2 is 1.85 bits per heavy atom. The van der Waals surface area contributed by atoms with E-state index in [0.717, 1.165) is 18.5 Å². The second-order valence-corrected chi connectivity index (χ2v) is 5.29. The van der Waals surface area contributed by atoms with Crippen molar-refractivity contribution < 1.29 is 4.79 Å². The Balaban J connectivity index is 1.93. The second-order valence-electron chi connectivity index (χ2n) is 5.29. The first-order chi connectivity index (χ1) is 9.83. The first-order valence-electron chi connectivity index (χ1n) is 7.99. The van der Waals surface area contributed by atoms with E-state index in [1.54, 1.807) is 6.20 Å². The summed E-state index contributed by atoms with van der Waals surface area (Å²) in [6, 6.07) is 5.87. The third kappa shape index (κ3) is 8.68. The van der Waals surface area contributed by atoms with Gasteiger partial charge >= 0.3 is 0 Å². The van der Waals surface area contributed by atoms with Gasteiger partial charge in [-0.3, -0.25) is 9.78 Å². The van der Waals surface area contributed by atoms with Crippen LogP contribution >= 0.6 is 0 Å². The molecule has 1 aromatic heterocycles. The van der Waals surface area contributed by atoms with Gasteiger partial charge in [0.05, 0.1) is 0 Å². The molecule has 20 heavy (non-hydrogen) atoms. The van der Waals surface area contributed by atoms with Crippen molar-refractivity contribution in [3.05, 3.63) is 30.1 Å². The predicted octanol–water partition coefficient (Wildman–Crippen LogP) is 3.88. The number of aromatic nitrogens is 1. The Hall–Kier alpha value is -1.38. The number of nitrogens with one attached hydrogen (secondary N) is 1. The molecule has 1 rings (SSSR count). The van der Waals surface area contributed by atoms with Gasteiger partial charge in [-0.05, 0) is 18.6 Å². The van der Waals surface area contributed by atoms with Crippen molar-refractivity contribution in [3.63, 3.8) is 0 Å². The van der Waals surface area contributed by atoms with Gasteiger partial charge in [-0.25, -0.2) is 0 Å². The average molecular weight is 276 g/mol. The molecule has 0 saturated carbocycles. The average Bonchev–Trinajstić information content (AvgIpc) is 2.47. The molecule has 3 nitrogen and oxygen atoms in total. The van der Waals surface area contributed by atoms with Crippen LogP contribution in [0.4, 0.5) is 0 Å². The highest BCUT2D eigenvalue weighted by Crippen LogP contribution is 2.08. The van der Waals surface area contributed by atoms with Crippen LogP contribution in [0.2, 0.25) is 0 Å². The summed E-state index contributed by atoms with van der Waals surface area (Å²) >= 11 is 0. The summed E-state index contributed by atoms with van der Waals surface area (Å²) in [5, 5.41) is 2.96. The number of carbonyl (C=O) groups excluding carboxylic acids is 1. The summed E-state index contributed by atoms with van der Waals surface area (Å²) in [5.74, 6) is 0.175. The SMILES string of the molecule is CCCCCCCCCC(=O)NCCc1ccccn1. The van der Waals surface area contributed by atoms with E-state index in [9.17, 15) is 4.79 Å². The highest BCUT2D eigenvalue weighted by Gasteiger charge is 2.01. The third-order valence-corrected chi connectivity index (χ3v) is 3.44. The van der Waals surface area contributed by atoms with Gasteiger partial charge in [0.1, 0.15) is 0 Å². The van der Waals surface area contributed by atoms with E-state index < -0.39 is 0 Å². The Morgan fingerprint density at radius 1 is 1.10 bits per heavy atom. The summed E-state index contributed by atoms with van der Waals surface area (Å²) in [4.78, 5) is 15.9. The van der Waals surface area contributed by atoms with Crippen molar-refractivity contribution in [1.29, 1.82) is 0 Å². The molecular weight excluding hydrogens is 248 g/mol. The van der Waals surface area contributed by atoms with Gasteiger partial charge in [0.15, 0.2) is 0 Å². The zero-order valence-electron chi connectivity index (χ0n) is 12.7. The molecule has 1 heterocycles. The van der Waals surface area contributed by atoms with Crippen LogP contribution in [0.1, 0.15) is 64.0 Å².